The van der Waals surface area contributed by atoms with Crippen LogP contribution in [0.1, 0.15) is 25.0 Å². The fraction of sp³-hybridized carbons (Fsp3) is 0.0588. The summed E-state index contributed by atoms with van der Waals surface area (Å²) in [5, 5.41) is 7.74. The Bertz CT molecular complexity index is 2760. The van der Waals surface area contributed by atoms with Crippen LogP contribution in [0.2, 0.25) is 0 Å². The van der Waals surface area contributed by atoms with Gasteiger partial charge >= 0.3 is 0 Å². The van der Waals surface area contributed by atoms with E-state index in [0.29, 0.717) is 0 Å². The molecule has 0 fully saturated rings. The van der Waals surface area contributed by atoms with Gasteiger partial charge in [-0.3, -0.25) is 0 Å². The first-order valence-corrected chi connectivity index (χ1v) is 17.9. The highest BCUT2D eigenvalue weighted by molar-refractivity contribution is 6.21. The van der Waals surface area contributed by atoms with E-state index in [4.69, 9.17) is 0 Å². The second-order valence-electron chi connectivity index (χ2n) is 14.5. The third-order valence-corrected chi connectivity index (χ3v) is 11.2. The minimum absolute atomic E-state index is 0.0980. The Morgan fingerprint density at radius 3 is 1.37 bits per heavy atom. The largest absolute Gasteiger partial charge is 0.0622 e. The SMILES string of the molecule is CC1(C)c2cc(-c3cccc(-c4c5ccccc5c(-c5cccc(-c6ccccc6)c5)c5ccccc45)c3)ccc2-c2ccc3ccccc3c21. The Hall–Kier alpha value is -6.24. The molecule has 0 spiro atoms. The summed E-state index contributed by atoms with van der Waals surface area (Å²) >= 11 is 0. The van der Waals surface area contributed by atoms with E-state index in [2.05, 4.69) is 196 Å². The Balaban J connectivity index is 1.14. The van der Waals surface area contributed by atoms with Crippen molar-refractivity contribution >= 4 is 32.3 Å². The van der Waals surface area contributed by atoms with Crippen LogP contribution >= 0.6 is 0 Å². The molecule has 0 saturated heterocycles. The molecule has 0 nitrogen and oxygen atoms in total. The Kier molecular flexibility index (Phi) is 6.63. The molecule has 9 aromatic carbocycles. The summed E-state index contributed by atoms with van der Waals surface area (Å²) in [6, 6.07) is 67.3. The molecule has 0 amide bonds. The lowest BCUT2D eigenvalue weighted by molar-refractivity contribution is 0.666. The number of rotatable bonds is 4. The summed E-state index contributed by atoms with van der Waals surface area (Å²) in [4.78, 5) is 0. The van der Waals surface area contributed by atoms with Crippen molar-refractivity contribution in [3.8, 4) is 55.6 Å². The summed E-state index contributed by atoms with van der Waals surface area (Å²) in [6.45, 7) is 4.78. The quantitative estimate of drug-likeness (QED) is 0.167. The molecule has 10 rings (SSSR count). The first-order valence-electron chi connectivity index (χ1n) is 17.9. The summed E-state index contributed by atoms with van der Waals surface area (Å²) in [7, 11) is 0. The second kappa shape index (κ2) is 11.4. The molecule has 0 N–H and O–H groups in total. The smallest absolute Gasteiger partial charge is 0.0165 e. The molecule has 1 aliphatic carbocycles. The van der Waals surface area contributed by atoms with E-state index in [9.17, 15) is 0 Å². The van der Waals surface area contributed by atoms with Crippen molar-refractivity contribution in [2.45, 2.75) is 19.3 Å². The molecule has 0 radical (unpaired) electrons. The van der Waals surface area contributed by atoms with Gasteiger partial charge in [-0.05, 0) is 117 Å². The zero-order valence-electron chi connectivity index (χ0n) is 28.8. The van der Waals surface area contributed by atoms with E-state index in [1.54, 1.807) is 0 Å². The highest BCUT2D eigenvalue weighted by Gasteiger charge is 2.37. The molecule has 0 atom stereocenters. The monoisotopic (exact) mass is 648 g/mol. The Labute approximate surface area is 299 Å². The van der Waals surface area contributed by atoms with Crippen molar-refractivity contribution in [2.24, 2.45) is 0 Å². The van der Waals surface area contributed by atoms with Crippen LogP contribution in [0.15, 0.2) is 182 Å². The van der Waals surface area contributed by atoms with Crippen LogP contribution in [0.25, 0.3) is 88.0 Å². The summed E-state index contributed by atoms with van der Waals surface area (Å²) in [5.74, 6) is 0. The third kappa shape index (κ3) is 4.60. The standard InChI is InChI=1S/C51H36/c1-51(2)47-32-37(27-28-41(47)46-29-26-34-16-6-7-21-40(34)50(46)51)36-18-13-20-39(31-36)49-44-24-10-8-22-42(44)48(43-23-9-11-25-45(43)49)38-19-12-17-35(30-38)33-14-4-3-5-15-33/h3-32H,1-2H3. The lowest BCUT2D eigenvalue weighted by Gasteiger charge is -2.23. The van der Waals surface area contributed by atoms with Gasteiger partial charge in [-0.15, -0.1) is 0 Å². The van der Waals surface area contributed by atoms with Gasteiger partial charge in [0, 0.05) is 5.41 Å². The van der Waals surface area contributed by atoms with E-state index in [1.807, 2.05) is 0 Å². The van der Waals surface area contributed by atoms with E-state index in [-0.39, 0.29) is 5.41 Å². The van der Waals surface area contributed by atoms with Gasteiger partial charge in [-0.2, -0.15) is 0 Å². The number of hydrogen-bond donors (Lipinski definition) is 0. The van der Waals surface area contributed by atoms with Gasteiger partial charge in [0.25, 0.3) is 0 Å². The molecule has 0 aliphatic heterocycles. The van der Waals surface area contributed by atoms with Crippen LogP contribution in [-0.2, 0) is 5.41 Å². The Morgan fingerprint density at radius 1 is 0.314 bits per heavy atom. The fourth-order valence-electron chi connectivity index (χ4n) is 8.87. The van der Waals surface area contributed by atoms with Gasteiger partial charge in [0.05, 0.1) is 0 Å². The predicted molar refractivity (Wildman–Crippen MR) is 218 cm³/mol. The predicted octanol–water partition coefficient (Wildman–Crippen LogP) is 14.1. The van der Waals surface area contributed by atoms with E-state index >= 15 is 0 Å². The van der Waals surface area contributed by atoms with E-state index in [0.717, 1.165) is 0 Å². The van der Waals surface area contributed by atoms with E-state index < -0.39 is 0 Å². The molecule has 240 valence electrons. The van der Waals surface area contributed by atoms with Crippen molar-refractivity contribution in [2.75, 3.05) is 0 Å². The maximum absolute atomic E-state index is 2.45. The van der Waals surface area contributed by atoms with Gasteiger partial charge in [0.1, 0.15) is 0 Å². The molecule has 9 aromatic rings. The zero-order chi connectivity index (χ0) is 34.1. The maximum atomic E-state index is 2.45. The molecule has 1 aliphatic rings. The van der Waals surface area contributed by atoms with E-state index in [1.165, 1.54) is 99.1 Å². The highest BCUT2D eigenvalue weighted by atomic mass is 14.4. The zero-order valence-corrected chi connectivity index (χ0v) is 28.8. The first-order chi connectivity index (χ1) is 25.1. The maximum Gasteiger partial charge on any atom is 0.0165 e. The summed E-state index contributed by atoms with van der Waals surface area (Å²) < 4.78 is 0. The minimum atomic E-state index is -0.0980. The molecule has 0 heteroatoms. The van der Waals surface area contributed by atoms with Gasteiger partial charge < -0.3 is 0 Å². The molecule has 0 saturated carbocycles. The van der Waals surface area contributed by atoms with Crippen LogP contribution in [0.3, 0.4) is 0 Å². The Morgan fingerprint density at radius 2 is 0.765 bits per heavy atom. The van der Waals surface area contributed by atoms with Crippen LogP contribution < -0.4 is 0 Å². The van der Waals surface area contributed by atoms with Crippen LogP contribution in [0.4, 0.5) is 0 Å². The number of fused-ring (bicyclic) bond motifs is 7. The van der Waals surface area contributed by atoms with Crippen LogP contribution in [-0.4, -0.2) is 0 Å². The highest BCUT2D eigenvalue weighted by Crippen LogP contribution is 2.52. The number of benzene rings is 9. The topological polar surface area (TPSA) is 0 Å². The summed E-state index contributed by atoms with van der Waals surface area (Å²) in [6.07, 6.45) is 0. The lowest BCUT2D eigenvalue weighted by Crippen LogP contribution is -2.15. The van der Waals surface area contributed by atoms with Gasteiger partial charge in [-0.25, -0.2) is 0 Å². The van der Waals surface area contributed by atoms with Crippen molar-refractivity contribution in [3.63, 3.8) is 0 Å². The fourth-order valence-corrected chi connectivity index (χ4v) is 8.87. The summed E-state index contributed by atoms with van der Waals surface area (Å²) in [5.41, 5.74) is 15.4. The van der Waals surface area contributed by atoms with Crippen molar-refractivity contribution in [1.29, 1.82) is 0 Å². The average Bonchev–Trinajstić information content (AvgIpc) is 3.43. The van der Waals surface area contributed by atoms with Crippen molar-refractivity contribution in [3.05, 3.63) is 193 Å². The molecule has 51 heavy (non-hydrogen) atoms. The molecular formula is C51H36. The molecule has 0 aromatic heterocycles. The van der Waals surface area contributed by atoms with Crippen molar-refractivity contribution < 1.29 is 0 Å². The minimum Gasteiger partial charge on any atom is -0.0622 e. The van der Waals surface area contributed by atoms with Crippen molar-refractivity contribution in [1.82, 2.24) is 0 Å². The van der Waals surface area contributed by atoms with Gasteiger partial charge in [-0.1, -0.05) is 178 Å². The van der Waals surface area contributed by atoms with Crippen LogP contribution in [0, 0.1) is 0 Å². The molecule has 0 bridgehead atoms. The van der Waals surface area contributed by atoms with Gasteiger partial charge in [0.15, 0.2) is 0 Å². The number of hydrogen-bond acceptors (Lipinski definition) is 0. The molecular weight excluding hydrogens is 613 g/mol. The lowest BCUT2D eigenvalue weighted by atomic mass is 9.79. The average molecular weight is 649 g/mol. The normalized spacial score (nSPS) is 13.1. The van der Waals surface area contributed by atoms with Crippen LogP contribution in [0.5, 0.6) is 0 Å². The molecule has 0 heterocycles. The van der Waals surface area contributed by atoms with Gasteiger partial charge in [0.2, 0.25) is 0 Å². The first kappa shape index (κ1) is 29.7. The molecule has 0 unspecified atom stereocenters. The second-order valence-corrected chi connectivity index (χ2v) is 14.5. The third-order valence-electron chi connectivity index (χ3n) is 11.2.